The average molecular weight is 337 g/mol. The Morgan fingerprint density at radius 1 is 1.39 bits per heavy atom. The molecule has 1 aliphatic heterocycles. The molecule has 2 unspecified atom stereocenters. The van der Waals surface area contributed by atoms with Crippen molar-refractivity contribution in [1.29, 1.82) is 0 Å². The molecule has 2 heterocycles. The van der Waals surface area contributed by atoms with Crippen molar-refractivity contribution in [3.8, 4) is 5.69 Å². The Balaban J connectivity index is 0.00000192. The second-order valence-corrected chi connectivity index (χ2v) is 5.61. The van der Waals surface area contributed by atoms with Crippen LogP contribution in [0.1, 0.15) is 16.2 Å². The van der Waals surface area contributed by atoms with Crippen LogP contribution in [0, 0.1) is 12.8 Å². The number of halogens is 1. The van der Waals surface area contributed by atoms with Gasteiger partial charge in [0.1, 0.15) is 0 Å². The number of hydrogen-bond acceptors (Lipinski definition) is 4. The number of amides is 1. The van der Waals surface area contributed by atoms with Gasteiger partial charge in [-0.15, -0.1) is 12.4 Å². The quantitative estimate of drug-likeness (QED) is 0.775. The van der Waals surface area contributed by atoms with Crippen LogP contribution >= 0.6 is 12.4 Å². The van der Waals surface area contributed by atoms with E-state index < -0.39 is 6.10 Å². The third-order valence-electron chi connectivity index (χ3n) is 3.95. The summed E-state index contributed by atoms with van der Waals surface area (Å²) < 4.78 is 1.75. The molecular formula is C16H21ClN4O2. The van der Waals surface area contributed by atoms with Crippen molar-refractivity contribution >= 4 is 18.3 Å². The van der Waals surface area contributed by atoms with Gasteiger partial charge in [-0.05, 0) is 25.1 Å². The highest BCUT2D eigenvalue weighted by Crippen LogP contribution is 2.12. The first-order valence-corrected chi connectivity index (χ1v) is 7.44. The molecule has 124 valence electrons. The molecule has 0 bridgehead atoms. The van der Waals surface area contributed by atoms with Crippen LogP contribution < -0.4 is 10.6 Å². The van der Waals surface area contributed by atoms with Gasteiger partial charge in [-0.2, -0.15) is 5.10 Å². The first-order valence-electron chi connectivity index (χ1n) is 7.44. The molecule has 0 saturated carbocycles. The average Bonchev–Trinajstić information content (AvgIpc) is 3.12. The lowest BCUT2D eigenvalue weighted by Crippen LogP contribution is -2.34. The normalized spacial score (nSPS) is 20.1. The van der Waals surface area contributed by atoms with Gasteiger partial charge < -0.3 is 15.7 Å². The first-order chi connectivity index (χ1) is 10.6. The maximum atomic E-state index is 12.2. The second-order valence-electron chi connectivity index (χ2n) is 5.61. The van der Waals surface area contributed by atoms with Gasteiger partial charge in [0.05, 0.1) is 11.8 Å². The van der Waals surface area contributed by atoms with E-state index in [0.717, 1.165) is 17.9 Å². The van der Waals surface area contributed by atoms with E-state index in [0.29, 0.717) is 18.8 Å². The number of carbonyl (C=O) groups is 1. The van der Waals surface area contributed by atoms with Crippen molar-refractivity contribution in [2.45, 2.75) is 13.0 Å². The van der Waals surface area contributed by atoms with Crippen LogP contribution in [0.25, 0.3) is 5.69 Å². The fourth-order valence-electron chi connectivity index (χ4n) is 2.66. The molecule has 1 saturated heterocycles. The molecule has 1 aliphatic rings. The molecule has 23 heavy (non-hydrogen) atoms. The molecule has 7 heteroatoms. The Labute approximate surface area is 141 Å². The number of benzene rings is 1. The zero-order valence-electron chi connectivity index (χ0n) is 12.9. The Hall–Kier alpha value is -1.89. The first kappa shape index (κ1) is 17.5. The SMILES string of the molecule is Cc1cc(C(=O)NCC2CNCC2O)nn1-c1ccccc1.Cl. The molecule has 0 aliphatic carbocycles. The van der Waals surface area contributed by atoms with E-state index >= 15 is 0 Å². The predicted molar refractivity (Wildman–Crippen MR) is 90.2 cm³/mol. The summed E-state index contributed by atoms with van der Waals surface area (Å²) in [6.07, 6.45) is -0.399. The molecule has 1 aromatic carbocycles. The Bertz CT molecular complexity index is 659. The number of aliphatic hydroxyl groups excluding tert-OH is 1. The summed E-state index contributed by atoms with van der Waals surface area (Å²) in [5.74, 6) is -0.155. The number of para-hydroxylation sites is 1. The minimum absolute atomic E-state index is 0. The molecule has 6 nitrogen and oxygen atoms in total. The maximum absolute atomic E-state index is 12.2. The molecule has 1 fully saturated rings. The van der Waals surface area contributed by atoms with Crippen LogP contribution in [0.2, 0.25) is 0 Å². The maximum Gasteiger partial charge on any atom is 0.271 e. The predicted octanol–water partition coefficient (Wildman–Crippen LogP) is 0.913. The highest BCUT2D eigenvalue weighted by molar-refractivity contribution is 5.92. The topological polar surface area (TPSA) is 79.2 Å². The highest BCUT2D eigenvalue weighted by Gasteiger charge is 2.25. The Morgan fingerprint density at radius 3 is 2.78 bits per heavy atom. The number of β-amino-alcohol motifs (C(OH)–C–C–N with tert-alkyl or cyclic N) is 1. The molecule has 1 aromatic heterocycles. The summed E-state index contributed by atoms with van der Waals surface area (Å²) >= 11 is 0. The fourth-order valence-corrected chi connectivity index (χ4v) is 2.66. The summed E-state index contributed by atoms with van der Waals surface area (Å²) in [6.45, 7) is 3.67. The standard InChI is InChI=1S/C16H20N4O2.ClH/c1-11-7-14(19-20(11)13-5-3-2-4-6-13)16(22)18-9-12-8-17-10-15(12)21;/h2-7,12,15,17,21H,8-10H2,1H3,(H,18,22);1H. The number of nitrogens with zero attached hydrogens (tertiary/aromatic N) is 2. The number of hydrogen-bond donors (Lipinski definition) is 3. The van der Waals surface area contributed by atoms with Crippen LogP contribution in [-0.2, 0) is 0 Å². The molecule has 1 amide bonds. The van der Waals surface area contributed by atoms with E-state index in [1.165, 1.54) is 0 Å². The van der Waals surface area contributed by atoms with Crippen LogP contribution in [-0.4, -0.2) is 46.5 Å². The summed E-state index contributed by atoms with van der Waals surface area (Å²) in [4.78, 5) is 12.2. The lowest BCUT2D eigenvalue weighted by molar-refractivity contribution is 0.0921. The summed E-state index contributed by atoms with van der Waals surface area (Å²) in [5.41, 5.74) is 2.22. The van der Waals surface area contributed by atoms with E-state index in [4.69, 9.17) is 0 Å². The number of nitrogens with one attached hydrogen (secondary N) is 2. The molecular weight excluding hydrogens is 316 g/mol. The molecule has 2 atom stereocenters. The fraction of sp³-hybridized carbons (Fsp3) is 0.375. The van der Waals surface area contributed by atoms with Gasteiger partial charge in [0.2, 0.25) is 0 Å². The van der Waals surface area contributed by atoms with E-state index in [9.17, 15) is 9.90 Å². The lowest BCUT2D eigenvalue weighted by Gasteiger charge is -2.13. The van der Waals surface area contributed by atoms with Gasteiger partial charge >= 0.3 is 0 Å². The third-order valence-corrected chi connectivity index (χ3v) is 3.95. The van der Waals surface area contributed by atoms with Crippen LogP contribution in [0.3, 0.4) is 0 Å². The minimum atomic E-state index is -0.399. The Kier molecular flexibility index (Phi) is 5.76. The van der Waals surface area contributed by atoms with Crippen molar-refractivity contribution in [1.82, 2.24) is 20.4 Å². The second kappa shape index (κ2) is 7.59. The van der Waals surface area contributed by atoms with E-state index in [1.54, 1.807) is 10.7 Å². The summed E-state index contributed by atoms with van der Waals surface area (Å²) in [6, 6.07) is 11.5. The summed E-state index contributed by atoms with van der Waals surface area (Å²) in [7, 11) is 0. The molecule has 2 aromatic rings. The number of rotatable bonds is 4. The van der Waals surface area contributed by atoms with Crippen LogP contribution in [0.4, 0.5) is 0 Å². The third kappa shape index (κ3) is 3.90. The molecule has 0 spiro atoms. The van der Waals surface area contributed by atoms with Gasteiger partial charge in [-0.25, -0.2) is 4.68 Å². The monoisotopic (exact) mass is 336 g/mol. The number of aliphatic hydroxyl groups is 1. The minimum Gasteiger partial charge on any atom is -0.391 e. The van der Waals surface area contributed by atoms with Gasteiger partial charge in [0, 0.05) is 31.2 Å². The molecule has 3 N–H and O–H groups in total. The van der Waals surface area contributed by atoms with Crippen LogP contribution in [0.15, 0.2) is 36.4 Å². The zero-order valence-corrected chi connectivity index (χ0v) is 13.7. The molecule has 3 rings (SSSR count). The van der Waals surface area contributed by atoms with Crippen molar-refractivity contribution in [2.75, 3.05) is 19.6 Å². The van der Waals surface area contributed by atoms with Crippen LogP contribution in [0.5, 0.6) is 0 Å². The Morgan fingerprint density at radius 2 is 2.13 bits per heavy atom. The zero-order chi connectivity index (χ0) is 15.5. The van der Waals surface area contributed by atoms with Gasteiger partial charge in [-0.1, -0.05) is 18.2 Å². The van der Waals surface area contributed by atoms with Crippen molar-refractivity contribution in [3.05, 3.63) is 47.8 Å². The molecule has 0 radical (unpaired) electrons. The van der Waals surface area contributed by atoms with E-state index in [-0.39, 0.29) is 24.2 Å². The highest BCUT2D eigenvalue weighted by atomic mass is 35.5. The largest absolute Gasteiger partial charge is 0.391 e. The van der Waals surface area contributed by atoms with Gasteiger partial charge in [0.25, 0.3) is 5.91 Å². The smallest absolute Gasteiger partial charge is 0.271 e. The van der Waals surface area contributed by atoms with Crippen molar-refractivity contribution in [3.63, 3.8) is 0 Å². The van der Waals surface area contributed by atoms with E-state index in [1.807, 2.05) is 37.3 Å². The summed E-state index contributed by atoms with van der Waals surface area (Å²) in [5, 5.41) is 20.1. The van der Waals surface area contributed by atoms with Gasteiger partial charge in [0.15, 0.2) is 5.69 Å². The van der Waals surface area contributed by atoms with Crippen molar-refractivity contribution in [2.24, 2.45) is 5.92 Å². The lowest BCUT2D eigenvalue weighted by atomic mass is 10.1. The number of aromatic nitrogens is 2. The van der Waals surface area contributed by atoms with Gasteiger partial charge in [-0.3, -0.25) is 4.79 Å². The van der Waals surface area contributed by atoms with Crippen molar-refractivity contribution < 1.29 is 9.90 Å². The number of aryl methyl sites for hydroxylation is 1. The number of carbonyl (C=O) groups excluding carboxylic acids is 1. The van der Waals surface area contributed by atoms with E-state index in [2.05, 4.69) is 15.7 Å².